The quantitative estimate of drug-likeness (QED) is 0.911. The number of hydrogen-bond acceptors (Lipinski definition) is 2. The van der Waals surface area contributed by atoms with Gasteiger partial charge < -0.3 is 10.2 Å². The van der Waals surface area contributed by atoms with Crippen molar-refractivity contribution in [1.29, 1.82) is 0 Å². The SMILES string of the molecule is CNCC1(C)CCCN1C(=O)c1ccc(F)cc1F. The molecule has 0 bridgehead atoms. The first-order valence-electron chi connectivity index (χ1n) is 6.39. The maximum Gasteiger partial charge on any atom is 0.257 e. The Labute approximate surface area is 111 Å². The molecule has 1 aromatic rings. The molecule has 19 heavy (non-hydrogen) atoms. The van der Waals surface area contributed by atoms with Crippen molar-refractivity contribution < 1.29 is 13.6 Å². The van der Waals surface area contributed by atoms with Crippen molar-refractivity contribution in [1.82, 2.24) is 10.2 Å². The highest BCUT2D eigenvalue weighted by molar-refractivity contribution is 5.95. The van der Waals surface area contributed by atoms with Gasteiger partial charge >= 0.3 is 0 Å². The summed E-state index contributed by atoms with van der Waals surface area (Å²) in [5, 5.41) is 3.06. The highest BCUT2D eigenvalue weighted by Gasteiger charge is 2.39. The Morgan fingerprint density at radius 2 is 2.21 bits per heavy atom. The van der Waals surface area contributed by atoms with Crippen molar-refractivity contribution in [3.8, 4) is 0 Å². The molecule has 0 spiro atoms. The van der Waals surface area contributed by atoms with Gasteiger partial charge in [-0.25, -0.2) is 8.78 Å². The van der Waals surface area contributed by atoms with Gasteiger partial charge in [-0.3, -0.25) is 4.79 Å². The predicted octanol–water partition coefficient (Wildman–Crippen LogP) is 2.18. The number of carbonyl (C=O) groups is 1. The van der Waals surface area contributed by atoms with Crippen molar-refractivity contribution >= 4 is 5.91 Å². The second-order valence-corrected chi connectivity index (χ2v) is 5.21. The molecule has 1 saturated heterocycles. The Balaban J connectivity index is 2.28. The smallest absolute Gasteiger partial charge is 0.257 e. The van der Waals surface area contributed by atoms with E-state index in [-0.39, 0.29) is 17.0 Å². The lowest BCUT2D eigenvalue weighted by molar-refractivity contribution is 0.0621. The van der Waals surface area contributed by atoms with Crippen LogP contribution in [0, 0.1) is 11.6 Å². The fourth-order valence-corrected chi connectivity index (χ4v) is 2.74. The second-order valence-electron chi connectivity index (χ2n) is 5.21. The van der Waals surface area contributed by atoms with Crippen molar-refractivity contribution in [3.63, 3.8) is 0 Å². The number of hydrogen-bond donors (Lipinski definition) is 1. The van der Waals surface area contributed by atoms with E-state index in [1.807, 2.05) is 14.0 Å². The number of amides is 1. The minimum atomic E-state index is -0.802. The summed E-state index contributed by atoms with van der Waals surface area (Å²) in [5.74, 6) is -1.84. The molecule has 1 N–H and O–H groups in total. The first-order valence-corrected chi connectivity index (χ1v) is 6.39. The van der Waals surface area contributed by atoms with Crippen LogP contribution >= 0.6 is 0 Å². The number of rotatable bonds is 3. The molecule has 0 aliphatic carbocycles. The van der Waals surface area contributed by atoms with Gasteiger partial charge in [0.25, 0.3) is 5.91 Å². The summed E-state index contributed by atoms with van der Waals surface area (Å²) in [4.78, 5) is 14.1. The van der Waals surface area contributed by atoms with Crippen LogP contribution in [0.3, 0.4) is 0 Å². The molecule has 1 amide bonds. The molecule has 1 heterocycles. The minimum absolute atomic E-state index is 0.0642. The molecular weight excluding hydrogens is 250 g/mol. The lowest BCUT2D eigenvalue weighted by Crippen LogP contribution is -2.50. The normalized spacial score (nSPS) is 22.8. The van der Waals surface area contributed by atoms with E-state index >= 15 is 0 Å². The molecule has 3 nitrogen and oxygen atoms in total. The van der Waals surface area contributed by atoms with Gasteiger partial charge in [0.05, 0.1) is 11.1 Å². The third kappa shape index (κ3) is 2.61. The van der Waals surface area contributed by atoms with Gasteiger partial charge in [-0.15, -0.1) is 0 Å². The number of benzene rings is 1. The number of nitrogens with zero attached hydrogens (tertiary/aromatic N) is 1. The van der Waals surface area contributed by atoms with Gasteiger partial charge in [-0.1, -0.05) is 0 Å². The van der Waals surface area contributed by atoms with Crippen molar-refractivity contribution in [2.24, 2.45) is 0 Å². The highest BCUT2D eigenvalue weighted by Crippen LogP contribution is 2.30. The lowest BCUT2D eigenvalue weighted by Gasteiger charge is -2.35. The van der Waals surface area contributed by atoms with Crippen LogP contribution in [0.1, 0.15) is 30.1 Å². The Morgan fingerprint density at radius 1 is 1.47 bits per heavy atom. The molecule has 1 aromatic carbocycles. The van der Waals surface area contributed by atoms with E-state index in [1.165, 1.54) is 6.07 Å². The van der Waals surface area contributed by atoms with Gasteiger partial charge in [0, 0.05) is 19.2 Å². The van der Waals surface area contributed by atoms with Crippen LogP contribution in [0.5, 0.6) is 0 Å². The molecular formula is C14H18F2N2O. The maximum absolute atomic E-state index is 13.7. The third-order valence-electron chi connectivity index (χ3n) is 3.71. The van der Waals surface area contributed by atoms with Crippen molar-refractivity contribution in [2.45, 2.75) is 25.3 Å². The maximum atomic E-state index is 13.7. The van der Waals surface area contributed by atoms with E-state index < -0.39 is 11.6 Å². The molecule has 1 fully saturated rings. The largest absolute Gasteiger partial charge is 0.332 e. The Bertz CT molecular complexity index is 492. The monoisotopic (exact) mass is 268 g/mol. The second kappa shape index (κ2) is 5.25. The third-order valence-corrected chi connectivity index (χ3v) is 3.71. The zero-order valence-electron chi connectivity index (χ0n) is 11.2. The summed E-state index contributed by atoms with van der Waals surface area (Å²) in [6, 6.07) is 3.08. The fraction of sp³-hybridized carbons (Fsp3) is 0.500. The van der Waals surface area contributed by atoms with Crippen LogP contribution in [-0.2, 0) is 0 Å². The van der Waals surface area contributed by atoms with E-state index in [0.29, 0.717) is 13.1 Å². The average molecular weight is 268 g/mol. The zero-order chi connectivity index (χ0) is 14.0. The molecule has 2 rings (SSSR count). The molecule has 1 unspecified atom stereocenters. The van der Waals surface area contributed by atoms with Crippen LogP contribution < -0.4 is 5.32 Å². The number of likely N-dealkylation sites (tertiary alicyclic amines) is 1. The predicted molar refractivity (Wildman–Crippen MR) is 69.0 cm³/mol. The standard InChI is InChI=1S/C14H18F2N2O/c1-14(9-17-2)6-3-7-18(14)13(19)11-5-4-10(15)8-12(11)16/h4-5,8,17H,3,6-7,9H2,1-2H3. The summed E-state index contributed by atoms with van der Waals surface area (Å²) >= 11 is 0. The summed E-state index contributed by atoms with van der Waals surface area (Å²) < 4.78 is 26.6. The Morgan fingerprint density at radius 3 is 2.84 bits per heavy atom. The topological polar surface area (TPSA) is 32.3 Å². The van der Waals surface area contributed by atoms with Gasteiger partial charge in [-0.05, 0) is 38.9 Å². The molecule has 1 aliphatic rings. The van der Waals surface area contributed by atoms with Crippen LogP contribution in [0.25, 0.3) is 0 Å². The van der Waals surface area contributed by atoms with Gasteiger partial charge in [0.15, 0.2) is 0 Å². The zero-order valence-corrected chi connectivity index (χ0v) is 11.2. The molecule has 1 aliphatic heterocycles. The number of halogens is 2. The van der Waals surface area contributed by atoms with Gasteiger partial charge in [-0.2, -0.15) is 0 Å². The van der Waals surface area contributed by atoms with Gasteiger partial charge in [0.1, 0.15) is 11.6 Å². The molecule has 5 heteroatoms. The summed E-state index contributed by atoms with van der Waals surface area (Å²) in [5.41, 5.74) is -0.377. The molecule has 104 valence electrons. The average Bonchev–Trinajstić information content (AvgIpc) is 2.70. The van der Waals surface area contributed by atoms with Crippen LogP contribution in [0.4, 0.5) is 8.78 Å². The summed E-state index contributed by atoms with van der Waals surface area (Å²) in [7, 11) is 1.82. The van der Waals surface area contributed by atoms with E-state index in [2.05, 4.69) is 5.32 Å². The van der Waals surface area contributed by atoms with Gasteiger partial charge in [0.2, 0.25) is 0 Å². The van der Waals surface area contributed by atoms with Crippen LogP contribution in [0.15, 0.2) is 18.2 Å². The Hall–Kier alpha value is -1.49. The first kappa shape index (κ1) is 13.9. The highest BCUT2D eigenvalue weighted by atomic mass is 19.1. The Kier molecular flexibility index (Phi) is 3.85. The van der Waals surface area contributed by atoms with E-state index in [4.69, 9.17) is 0 Å². The summed E-state index contributed by atoms with van der Waals surface area (Å²) in [6.45, 7) is 3.24. The molecule has 0 radical (unpaired) electrons. The number of carbonyl (C=O) groups excluding carboxylic acids is 1. The van der Waals surface area contributed by atoms with Crippen LogP contribution in [0.2, 0.25) is 0 Å². The van der Waals surface area contributed by atoms with Crippen LogP contribution in [-0.4, -0.2) is 36.5 Å². The number of nitrogens with one attached hydrogen (secondary N) is 1. The van der Waals surface area contributed by atoms with E-state index in [0.717, 1.165) is 25.0 Å². The van der Waals surface area contributed by atoms with E-state index in [9.17, 15) is 13.6 Å². The summed E-state index contributed by atoms with van der Waals surface area (Å²) in [6.07, 6.45) is 1.77. The fourth-order valence-electron chi connectivity index (χ4n) is 2.74. The van der Waals surface area contributed by atoms with Crippen molar-refractivity contribution in [3.05, 3.63) is 35.4 Å². The minimum Gasteiger partial charge on any atom is -0.332 e. The molecule has 0 aromatic heterocycles. The van der Waals surface area contributed by atoms with E-state index in [1.54, 1.807) is 4.90 Å². The molecule has 1 atom stereocenters. The first-order chi connectivity index (χ1) is 8.98. The number of likely N-dealkylation sites (N-methyl/N-ethyl adjacent to an activating group) is 1. The van der Waals surface area contributed by atoms with Crippen molar-refractivity contribution in [2.75, 3.05) is 20.1 Å². The lowest BCUT2D eigenvalue weighted by atomic mass is 9.98. The molecule has 0 saturated carbocycles.